The van der Waals surface area contributed by atoms with Gasteiger partial charge in [0.1, 0.15) is 0 Å². The molecule has 8 rings (SSSR count). The molecule has 0 aliphatic rings. The lowest BCUT2D eigenvalue weighted by Gasteiger charge is -2.16. The van der Waals surface area contributed by atoms with Gasteiger partial charge in [0.25, 0.3) is 0 Å². The van der Waals surface area contributed by atoms with Crippen molar-refractivity contribution in [3.05, 3.63) is 111 Å². The molecule has 0 radical (unpaired) electrons. The van der Waals surface area contributed by atoms with E-state index in [4.69, 9.17) is 8.83 Å². The second-order valence-electron chi connectivity index (χ2n) is 9.30. The number of rotatable bonds is 4. The van der Waals surface area contributed by atoms with E-state index in [-0.39, 0.29) is 0 Å². The molecule has 38 heavy (non-hydrogen) atoms. The standard InChI is InChI=1S/C32H18N4O2/c1-5-25(21-9-23(13-33-11-21)29-15-35-17-37-29)27-8-4-20-2-6-26(28-7-3-19(1)31(27)32(20)28)22-10-24(14-34-12-22)30-16-36-18-38-30/h1-18H. The molecule has 8 aromatic rings. The Bertz CT molecular complexity index is 1930. The predicted molar refractivity (Wildman–Crippen MR) is 148 cm³/mol. The van der Waals surface area contributed by atoms with Gasteiger partial charge in [-0.2, -0.15) is 0 Å². The molecular formula is C32H18N4O2. The Morgan fingerprint density at radius 3 is 1.32 bits per heavy atom. The lowest BCUT2D eigenvalue weighted by molar-refractivity contribution is 0.571. The Morgan fingerprint density at radius 2 is 0.868 bits per heavy atom. The van der Waals surface area contributed by atoms with E-state index >= 15 is 0 Å². The first-order chi connectivity index (χ1) is 18.8. The molecule has 6 nitrogen and oxygen atoms in total. The summed E-state index contributed by atoms with van der Waals surface area (Å²) in [6.07, 6.45) is 13.7. The number of oxazole rings is 2. The van der Waals surface area contributed by atoms with Crippen LogP contribution in [0.15, 0.2) is 119 Å². The van der Waals surface area contributed by atoms with Crippen molar-refractivity contribution in [3.63, 3.8) is 0 Å². The number of nitrogens with zero attached hydrogens (tertiary/aromatic N) is 4. The van der Waals surface area contributed by atoms with Gasteiger partial charge in [-0.15, -0.1) is 0 Å². The summed E-state index contributed by atoms with van der Waals surface area (Å²) in [5, 5.41) is 7.25. The molecular weight excluding hydrogens is 472 g/mol. The highest BCUT2D eigenvalue weighted by atomic mass is 16.3. The van der Waals surface area contributed by atoms with Crippen molar-refractivity contribution in [3.8, 4) is 44.9 Å². The van der Waals surface area contributed by atoms with Crippen molar-refractivity contribution in [2.75, 3.05) is 0 Å². The van der Waals surface area contributed by atoms with Gasteiger partial charge in [0.05, 0.1) is 12.4 Å². The van der Waals surface area contributed by atoms with Crippen LogP contribution in [0.2, 0.25) is 0 Å². The zero-order chi connectivity index (χ0) is 25.1. The van der Waals surface area contributed by atoms with Crippen LogP contribution in [0, 0.1) is 0 Å². The van der Waals surface area contributed by atoms with E-state index in [0.29, 0.717) is 11.5 Å². The third kappa shape index (κ3) is 3.14. The van der Waals surface area contributed by atoms with Crippen LogP contribution in [0.4, 0.5) is 0 Å². The second kappa shape index (κ2) is 8.08. The summed E-state index contributed by atoms with van der Waals surface area (Å²) >= 11 is 0. The number of benzene rings is 4. The Morgan fingerprint density at radius 1 is 0.421 bits per heavy atom. The molecule has 178 valence electrons. The maximum absolute atomic E-state index is 5.51. The van der Waals surface area contributed by atoms with Gasteiger partial charge in [-0.1, -0.05) is 48.5 Å². The van der Waals surface area contributed by atoms with Crippen molar-refractivity contribution in [1.29, 1.82) is 0 Å². The van der Waals surface area contributed by atoms with Gasteiger partial charge in [-0.3, -0.25) is 9.97 Å². The molecule has 4 aromatic carbocycles. The van der Waals surface area contributed by atoms with Gasteiger partial charge in [-0.25, -0.2) is 9.97 Å². The molecule has 0 amide bonds. The van der Waals surface area contributed by atoms with Gasteiger partial charge in [0.2, 0.25) is 0 Å². The third-order valence-electron chi connectivity index (χ3n) is 7.20. The molecule has 0 fully saturated rings. The SMILES string of the molecule is c1ncc(-c2cncc(-c3ccc4ccc5c(-c6cncc(-c7cnco7)c6)ccc6ccc3c4c65)c2)o1. The van der Waals surface area contributed by atoms with E-state index in [1.54, 1.807) is 24.8 Å². The maximum Gasteiger partial charge on any atom is 0.181 e. The largest absolute Gasteiger partial charge is 0.443 e. The first-order valence-electron chi connectivity index (χ1n) is 12.2. The van der Waals surface area contributed by atoms with Crippen molar-refractivity contribution in [2.45, 2.75) is 0 Å². The molecule has 0 unspecified atom stereocenters. The summed E-state index contributed by atoms with van der Waals surface area (Å²) in [6, 6.07) is 21.8. The minimum absolute atomic E-state index is 0.697. The maximum atomic E-state index is 5.51. The first kappa shape index (κ1) is 20.8. The summed E-state index contributed by atoms with van der Waals surface area (Å²) < 4.78 is 11.0. The highest BCUT2D eigenvalue weighted by molar-refractivity contribution is 6.27. The smallest absolute Gasteiger partial charge is 0.181 e. The second-order valence-corrected chi connectivity index (χ2v) is 9.30. The molecule has 0 saturated carbocycles. The predicted octanol–water partition coefficient (Wildman–Crippen LogP) is 8.02. The first-order valence-corrected chi connectivity index (χ1v) is 12.2. The molecule has 0 atom stereocenters. The van der Waals surface area contributed by atoms with Crippen LogP contribution in [0.3, 0.4) is 0 Å². The Balaban J connectivity index is 1.36. The normalized spacial score (nSPS) is 11.7. The number of pyridine rings is 2. The molecule has 0 bridgehead atoms. The topological polar surface area (TPSA) is 77.8 Å². The quantitative estimate of drug-likeness (QED) is 0.233. The highest BCUT2D eigenvalue weighted by Gasteiger charge is 2.16. The summed E-state index contributed by atoms with van der Waals surface area (Å²) in [5.74, 6) is 1.39. The summed E-state index contributed by atoms with van der Waals surface area (Å²) in [7, 11) is 0. The van der Waals surface area contributed by atoms with Crippen LogP contribution in [0.5, 0.6) is 0 Å². The Hall–Kier alpha value is -5.36. The fraction of sp³-hybridized carbons (Fsp3) is 0. The third-order valence-corrected chi connectivity index (χ3v) is 7.20. The average molecular weight is 491 g/mol. The van der Waals surface area contributed by atoms with Crippen molar-refractivity contribution >= 4 is 32.3 Å². The van der Waals surface area contributed by atoms with E-state index < -0.39 is 0 Å². The van der Waals surface area contributed by atoms with Gasteiger partial charge >= 0.3 is 0 Å². The number of hydrogen-bond donors (Lipinski definition) is 0. The van der Waals surface area contributed by atoms with Crippen molar-refractivity contribution < 1.29 is 8.83 Å². The van der Waals surface area contributed by atoms with E-state index in [1.165, 1.54) is 45.1 Å². The zero-order valence-electron chi connectivity index (χ0n) is 20.0. The minimum atomic E-state index is 0.697. The average Bonchev–Trinajstić information content (AvgIpc) is 3.71. The molecule has 0 N–H and O–H groups in total. The van der Waals surface area contributed by atoms with Crippen LogP contribution in [-0.2, 0) is 0 Å². The molecule has 4 aromatic heterocycles. The van der Waals surface area contributed by atoms with E-state index in [9.17, 15) is 0 Å². The van der Waals surface area contributed by atoms with Crippen molar-refractivity contribution in [2.24, 2.45) is 0 Å². The van der Waals surface area contributed by atoms with Gasteiger partial charge in [0.15, 0.2) is 24.3 Å². The minimum Gasteiger partial charge on any atom is -0.443 e. The van der Waals surface area contributed by atoms with Gasteiger partial charge in [0, 0.05) is 47.0 Å². The van der Waals surface area contributed by atoms with Crippen LogP contribution < -0.4 is 0 Å². The van der Waals surface area contributed by atoms with Crippen LogP contribution >= 0.6 is 0 Å². The molecule has 4 heterocycles. The highest BCUT2D eigenvalue weighted by Crippen LogP contribution is 2.42. The van der Waals surface area contributed by atoms with Crippen molar-refractivity contribution in [1.82, 2.24) is 19.9 Å². The molecule has 0 saturated heterocycles. The lowest BCUT2D eigenvalue weighted by atomic mass is 9.87. The van der Waals surface area contributed by atoms with Gasteiger partial charge in [-0.05, 0) is 55.6 Å². The molecule has 0 aliphatic carbocycles. The molecule has 0 aliphatic heterocycles. The fourth-order valence-electron chi connectivity index (χ4n) is 5.47. The van der Waals surface area contributed by atoms with Gasteiger partial charge < -0.3 is 8.83 Å². The lowest BCUT2D eigenvalue weighted by Crippen LogP contribution is -1.91. The zero-order valence-corrected chi connectivity index (χ0v) is 20.0. The Labute approximate surface area is 216 Å². The Kier molecular flexibility index (Phi) is 4.42. The summed E-state index contributed by atoms with van der Waals surface area (Å²) in [5.41, 5.74) is 6.10. The number of hydrogen-bond acceptors (Lipinski definition) is 6. The van der Waals surface area contributed by atoms with Crippen LogP contribution in [0.25, 0.3) is 77.2 Å². The van der Waals surface area contributed by atoms with E-state index in [2.05, 4.69) is 80.6 Å². The molecule has 6 heteroatoms. The monoisotopic (exact) mass is 490 g/mol. The fourth-order valence-corrected chi connectivity index (χ4v) is 5.47. The number of aromatic nitrogens is 4. The summed E-state index contributed by atoms with van der Waals surface area (Å²) in [6.45, 7) is 0. The van der Waals surface area contributed by atoms with E-state index in [1.807, 2.05) is 12.4 Å². The summed E-state index contributed by atoms with van der Waals surface area (Å²) in [4.78, 5) is 17.1. The van der Waals surface area contributed by atoms with E-state index in [0.717, 1.165) is 33.4 Å². The van der Waals surface area contributed by atoms with Crippen LogP contribution in [-0.4, -0.2) is 19.9 Å². The molecule has 0 spiro atoms. The van der Waals surface area contributed by atoms with Crippen LogP contribution in [0.1, 0.15) is 0 Å².